The Balaban J connectivity index is 0.00000113. The smallest absolute Gasteiger partial charge is 0.163 e. The summed E-state index contributed by atoms with van der Waals surface area (Å²) >= 11 is 2.03. The predicted molar refractivity (Wildman–Crippen MR) is 110 cm³/mol. The van der Waals surface area contributed by atoms with Crippen LogP contribution in [0.3, 0.4) is 0 Å². The van der Waals surface area contributed by atoms with E-state index in [0.29, 0.717) is 0 Å². The number of thioether (sulfide) groups is 1. The predicted octanol–water partition coefficient (Wildman–Crippen LogP) is 2.62. The van der Waals surface area contributed by atoms with Gasteiger partial charge in [0.05, 0.1) is 5.69 Å². The lowest BCUT2D eigenvalue weighted by Crippen LogP contribution is -2.34. The standard InChI is InChI=1S/C17H21N5S.2ClH/c1-2-13(12-19-5-1)16-20-15-4-7-18-6-3-14(15)17(21-16)22-8-10-23-11-9-22;;/h1-2,5,12,18H,3-4,6-11H2;2*1H. The van der Waals surface area contributed by atoms with Crippen LogP contribution in [0, 0.1) is 0 Å². The molecule has 1 fully saturated rings. The molecule has 0 atom stereocenters. The first-order chi connectivity index (χ1) is 11.4. The third-order valence-electron chi connectivity index (χ3n) is 4.39. The summed E-state index contributed by atoms with van der Waals surface area (Å²) in [6.07, 6.45) is 5.63. The van der Waals surface area contributed by atoms with E-state index in [4.69, 9.17) is 9.97 Å². The van der Waals surface area contributed by atoms with Crippen molar-refractivity contribution in [3.8, 4) is 11.4 Å². The first-order valence-electron chi connectivity index (χ1n) is 8.25. The van der Waals surface area contributed by atoms with E-state index >= 15 is 0 Å². The molecular formula is C17H23Cl2N5S. The van der Waals surface area contributed by atoms with Gasteiger partial charge in [-0.1, -0.05) is 0 Å². The van der Waals surface area contributed by atoms with Crippen LogP contribution in [0.2, 0.25) is 0 Å². The molecular weight excluding hydrogens is 377 g/mol. The van der Waals surface area contributed by atoms with Crippen LogP contribution in [0.25, 0.3) is 11.4 Å². The number of nitrogens with zero attached hydrogens (tertiary/aromatic N) is 4. The quantitative estimate of drug-likeness (QED) is 0.837. The number of hydrogen-bond donors (Lipinski definition) is 1. The molecule has 136 valence electrons. The molecule has 0 amide bonds. The molecule has 4 heterocycles. The second-order valence-corrected chi connectivity index (χ2v) is 7.11. The average molecular weight is 400 g/mol. The molecule has 0 spiro atoms. The van der Waals surface area contributed by atoms with Crippen LogP contribution < -0.4 is 10.2 Å². The SMILES string of the molecule is Cl.Cl.c1cncc(-c2nc3c(c(N4CCSCC4)n2)CCNCC3)c1. The zero-order chi connectivity index (χ0) is 15.5. The lowest BCUT2D eigenvalue weighted by molar-refractivity contribution is 0.708. The molecule has 8 heteroatoms. The molecule has 5 nitrogen and oxygen atoms in total. The minimum absolute atomic E-state index is 0. The number of halogens is 2. The molecule has 0 unspecified atom stereocenters. The van der Waals surface area contributed by atoms with E-state index in [1.807, 2.05) is 30.1 Å². The highest BCUT2D eigenvalue weighted by Crippen LogP contribution is 2.28. The van der Waals surface area contributed by atoms with Gasteiger partial charge in [-0.2, -0.15) is 11.8 Å². The molecule has 2 aliphatic rings. The molecule has 0 saturated carbocycles. The van der Waals surface area contributed by atoms with Crippen molar-refractivity contribution in [2.24, 2.45) is 0 Å². The van der Waals surface area contributed by atoms with Crippen LogP contribution in [0.5, 0.6) is 0 Å². The highest BCUT2D eigenvalue weighted by Gasteiger charge is 2.22. The molecule has 2 aliphatic heterocycles. The van der Waals surface area contributed by atoms with Gasteiger partial charge >= 0.3 is 0 Å². The molecule has 1 saturated heterocycles. The lowest BCUT2D eigenvalue weighted by atomic mass is 10.1. The van der Waals surface area contributed by atoms with Crippen LogP contribution in [-0.2, 0) is 12.8 Å². The van der Waals surface area contributed by atoms with E-state index < -0.39 is 0 Å². The summed E-state index contributed by atoms with van der Waals surface area (Å²) in [4.78, 5) is 16.5. The van der Waals surface area contributed by atoms with Gasteiger partial charge in [-0.3, -0.25) is 4.98 Å². The molecule has 2 aromatic rings. The molecule has 1 N–H and O–H groups in total. The van der Waals surface area contributed by atoms with E-state index in [0.717, 1.165) is 56.2 Å². The third-order valence-corrected chi connectivity index (χ3v) is 5.33. The Bertz CT molecular complexity index is 680. The monoisotopic (exact) mass is 399 g/mol. The van der Waals surface area contributed by atoms with Gasteiger partial charge in [-0.15, -0.1) is 24.8 Å². The number of nitrogens with one attached hydrogen (secondary N) is 1. The Morgan fingerprint density at radius 1 is 1.04 bits per heavy atom. The Hall–Kier alpha value is -1.08. The van der Waals surface area contributed by atoms with E-state index in [1.54, 1.807) is 6.20 Å². The highest BCUT2D eigenvalue weighted by atomic mass is 35.5. The lowest BCUT2D eigenvalue weighted by Gasteiger charge is -2.30. The summed E-state index contributed by atoms with van der Waals surface area (Å²) in [5, 5.41) is 3.48. The van der Waals surface area contributed by atoms with Crippen LogP contribution in [0.1, 0.15) is 11.3 Å². The van der Waals surface area contributed by atoms with Gasteiger partial charge in [-0.05, 0) is 25.1 Å². The Morgan fingerprint density at radius 3 is 2.60 bits per heavy atom. The van der Waals surface area contributed by atoms with Gasteiger partial charge in [-0.25, -0.2) is 9.97 Å². The van der Waals surface area contributed by atoms with Gasteiger partial charge < -0.3 is 10.2 Å². The van der Waals surface area contributed by atoms with Crippen LogP contribution in [-0.4, -0.2) is 52.6 Å². The molecule has 0 aliphatic carbocycles. The molecule has 4 rings (SSSR count). The summed E-state index contributed by atoms with van der Waals surface area (Å²) in [5.74, 6) is 4.32. The largest absolute Gasteiger partial charge is 0.355 e. The van der Waals surface area contributed by atoms with E-state index in [2.05, 4.69) is 15.2 Å². The summed E-state index contributed by atoms with van der Waals surface area (Å²) in [6.45, 7) is 4.16. The number of aromatic nitrogens is 3. The van der Waals surface area contributed by atoms with Crippen molar-refractivity contribution in [1.29, 1.82) is 0 Å². The second-order valence-electron chi connectivity index (χ2n) is 5.89. The molecule has 0 bridgehead atoms. The third kappa shape index (κ3) is 4.56. The molecule has 0 radical (unpaired) electrons. The highest BCUT2D eigenvalue weighted by molar-refractivity contribution is 7.99. The van der Waals surface area contributed by atoms with E-state index in [1.165, 1.54) is 22.8 Å². The maximum absolute atomic E-state index is 4.96. The van der Waals surface area contributed by atoms with Crippen LogP contribution >= 0.6 is 36.6 Å². The van der Waals surface area contributed by atoms with Gasteiger partial charge in [0.25, 0.3) is 0 Å². The van der Waals surface area contributed by atoms with Crippen molar-refractivity contribution in [2.75, 3.05) is 42.6 Å². The number of rotatable bonds is 2. The van der Waals surface area contributed by atoms with Crippen molar-refractivity contribution in [3.05, 3.63) is 35.8 Å². The minimum Gasteiger partial charge on any atom is -0.355 e. The summed E-state index contributed by atoms with van der Waals surface area (Å²) in [7, 11) is 0. The van der Waals surface area contributed by atoms with E-state index in [9.17, 15) is 0 Å². The Labute approximate surface area is 165 Å². The first-order valence-corrected chi connectivity index (χ1v) is 9.41. The summed E-state index contributed by atoms with van der Waals surface area (Å²) in [5.41, 5.74) is 3.55. The Morgan fingerprint density at radius 2 is 1.84 bits per heavy atom. The van der Waals surface area contributed by atoms with Gasteiger partial charge in [0.15, 0.2) is 5.82 Å². The fraction of sp³-hybridized carbons (Fsp3) is 0.471. The van der Waals surface area contributed by atoms with Crippen molar-refractivity contribution >= 4 is 42.4 Å². The molecule has 0 aromatic carbocycles. The number of pyridine rings is 1. The minimum atomic E-state index is 0. The summed E-state index contributed by atoms with van der Waals surface area (Å²) in [6, 6.07) is 3.99. The van der Waals surface area contributed by atoms with Crippen molar-refractivity contribution in [1.82, 2.24) is 20.3 Å². The Kier molecular flexibility index (Phi) is 7.75. The number of hydrogen-bond acceptors (Lipinski definition) is 6. The van der Waals surface area contributed by atoms with Crippen LogP contribution in [0.4, 0.5) is 5.82 Å². The van der Waals surface area contributed by atoms with Gasteiger partial charge in [0.1, 0.15) is 5.82 Å². The topological polar surface area (TPSA) is 53.9 Å². The van der Waals surface area contributed by atoms with Crippen molar-refractivity contribution in [2.45, 2.75) is 12.8 Å². The van der Waals surface area contributed by atoms with Gasteiger partial charge in [0, 0.05) is 61.1 Å². The van der Waals surface area contributed by atoms with Crippen molar-refractivity contribution < 1.29 is 0 Å². The first kappa shape index (κ1) is 20.2. The normalized spacial score (nSPS) is 16.9. The molecule has 25 heavy (non-hydrogen) atoms. The summed E-state index contributed by atoms with van der Waals surface area (Å²) < 4.78 is 0. The zero-order valence-corrected chi connectivity index (χ0v) is 16.4. The average Bonchev–Trinajstić information content (AvgIpc) is 2.88. The maximum atomic E-state index is 4.96. The van der Waals surface area contributed by atoms with Gasteiger partial charge in [0.2, 0.25) is 0 Å². The van der Waals surface area contributed by atoms with Crippen molar-refractivity contribution in [3.63, 3.8) is 0 Å². The van der Waals surface area contributed by atoms with E-state index in [-0.39, 0.29) is 24.8 Å². The zero-order valence-electron chi connectivity index (χ0n) is 14.0. The maximum Gasteiger partial charge on any atom is 0.163 e. The van der Waals surface area contributed by atoms with Crippen LogP contribution in [0.15, 0.2) is 24.5 Å². The number of anilines is 1. The molecule has 2 aromatic heterocycles. The fourth-order valence-corrected chi connectivity index (χ4v) is 4.09. The number of fused-ring (bicyclic) bond motifs is 1. The fourth-order valence-electron chi connectivity index (χ4n) is 3.19. The second kappa shape index (κ2) is 9.57.